The third-order valence-corrected chi connectivity index (χ3v) is 5.77. The monoisotopic (exact) mass is 376 g/mol. The van der Waals surface area contributed by atoms with Gasteiger partial charge in [0.1, 0.15) is 0 Å². The molecular weight excluding hydrogens is 355 g/mol. The molecule has 0 heterocycles. The second-order valence-electron chi connectivity index (χ2n) is 5.79. The maximum atomic E-state index is 3.84. The summed E-state index contributed by atoms with van der Waals surface area (Å²) < 4.78 is 1.44. The van der Waals surface area contributed by atoms with Crippen LogP contribution in [0.2, 0.25) is 0 Å². The lowest BCUT2D eigenvalue weighted by molar-refractivity contribution is 0.542. The van der Waals surface area contributed by atoms with Crippen LogP contribution >= 0.6 is 22.6 Å². The smallest absolute Gasteiger partial charge is 0.0222 e. The van der Waals surface area contributed by atoms with Crippen LogP contribution in [0, 0.1) is 3.57 Å². The van der Waals surface area contributed by atoms with E-state index in [0.717, 1.165) is 6.42 Å². The van der Waals surface area contributed by atoms with Gasteiger partial charge in [0.25, 0.3) is 0 Å². The van der Waals surface area contributed by atoms with E-state index in [4.69, 9.17) is 0 Å². The molecule has 0 nitrogen and oxygen atoms in total. The molecule has 3 rings (SSSR count). The molecule has 104 valence electrons. The predicted octanol–water partition coefficient (Wildman–Crippen LogP) is 6.02. The molecule has 0 amide bonds. The molecular formula is C19H21I. The topological polar surface area (TPSA) is 0 Å². The highest BCUT2D eigenvalue weighted by Gasteiger charge is 2.46. The van der Waals surface area contributed by atoms with Gasteiger partial charge in [-0.05, 0) is 70.2 Å². The van der Waals surface area contributed by atoms with E-state index >= 15 is 0 Å². The van der Waals surface area contributed by atoms with Gasteiger partial charge in [0, 0.05) is 8.99 Å². The van der Waals surface area contributed by atoms with Gasteiger partial charge in [0.15, 0.2) is 0 Å². The average Bonchev–Trinajstić information content (AvgIpc) is 3.02. The van der Waals surface area contributed by atoms with Crippen molar-refractivity contribution in [3.05, 3.63) is 63.3 Å². The Balaban J connectivity index is 2.28. The number of halogens is 1. The van der Waals surface area contributed by atoms with Crippen LogP contribution in [0.3, 0.4) is 0 Å². The molecule has 1 aromatic carbocycles. The van der Waals surface area contributed by atoms with E-state index in [1.807, 2.05) is 6.08 Å². The summed E-state index contributed by atoms with van der Waals surface area (Å²) >= 11 is 2.53. The SMILES string of the molecule is C=C/C=C\C1=C(CC)c2cccc(I)c2C12CCCC2. The molecule has 0 radical (unpaired) electrons. The lowest BCUT2D eigenvalue weighted by Gasteiger charge is -2.29. The summed E-state index contributed by atoms with van der Waals surface area (Å²) in [7, 11) is 0. The molecule has 2 aliphatic rings. The van der Waals surface area contributed by atoms with E-state index in [2.05, 4.69) is 66.4 Å². The van der Waals surface area contributed by atoms with Gasteiger partial charge in [0.2, 0.25) is 0 Å². The van der Waals surface area contributed by atoms with Gasteiger partial charge in [-0.15, -0.1) is 0 Å². The number of rotatable bonds is 3. The highest BCUT2D eigenvalue weighted by molar-refractivity contribution is 14.1. The molecule has 1 aromatic rings. The molecule has 20 heavy (non-hydrogen) atoms. The summed E-state index contributed by atoms with van der Waals surface area (Å²) in [6.45, 7) is 6.13. The Morgan fingerprint density at radius 2 is 2.05 bits per heavy atom. The normalized spacial score (nSPS) is 20.1. The Morgan fingerprint density at radius 1 is 1.30 bits per heavy atom. The molecule has 2 aliphatic carbocycles. The fourth-order valence-corrected chi connectivity index (χ4v) is 5.15. The van der Waals surface area contributed by atoms with Gasteiger partial charge in [-0.25, -0.2) is 0 Å². The minimum atomic E-state index is 0.290. The summed E-state index contributed by atoms with van der Waals surface area (Å²) in [5.41, 5.74) is 6.52. The van der Waals surface area contributed by atoms with Crippen molar-refractivity contribution in [2.45, 2.75) is 44.4 Å². The van der Waals surface area contributed by atoms with Gasteiger partial charge in [-0.2, -0.15) is 0 Å². The Hall–Kier alpha value is -0.830. The molecule has 0 atom stereocenters. The average molecular weight is 376 g/mol. The zero-order valence-corrected chi connectivity index (χ0v) is 14.2. The van der Waals surface area contributed by atoms with Crippen LogP contribution in [0.1, 0.15) is 50.2 Å². The van der Waals surface area contributed by atoms with Crippen molar-refractivity contribution in [2.24, 2.45) is 0 Å². The van der Waals surface area contributed by atoms with E-state index in [0.29, 0.717) is 0 Å². The van der Waals surface area contributed by atoms with Crippen molar-refractivity contribution < 1.29 is 0 Å². The minimum absolute atomic E-state index is 0.290. The third kappa shape index (κ3) is 1.93. The third-order valence-electron chi connectivity index (χ3n) is 4.87. The summed E-state index contributed by atoms with van der Waals surface area (Å²) in [4.78, 5) is 0. The van der Waals surface area contributed by atoms with Gasteiger partial charge in [-0.3, -0.25) is 0 Å². The zero-order valence-electron chi connectivity index (χ0n) is 12.1. The Bertz CT molecular complexity index is 598. The molecule has 0 bridgehead atoms. The van der Waals surface area contributed by atoms with E-state index in [-0.39, 0.29) is 5.41 Å². The standard InChI is InChI=1S/C19H21I/c1-3-5-10-16-14(4-2)15-9-8-11-17(20)18(15)19(16)12-6-7-13-19/h3,5,8-11H,1,4,6-7,12-13H2,2H3/b10-5-. The maximum Gasteiger partial charge on any atom is 0.0222 e. The lowest BCUT2D eigenvalue weighted by atomic mass is 9.75. The van der Waals surface area contributed by atoms with Crippen molar-refractivity contribution in [1.29, 1.82) is 0 Å². The Kier molecular flexibility index (Phi) is 3.89. The largest absolute Gasteiger partial charge is 0.0991 e. The molecule has 0 saturated heterocycles. The van der Waals surface area contributed by atoms with Gasteiger partial charge in [-0.1, -0.05) is 56.7 Å². The Morgan fingerprint density at radius 3 is 2.70 bits per heavy atom. The highest BCUT2D eigenvalue weighted by atomic mass is 127. The molecule has 0 aromatic heterocycles. The predicted molar refractivity (Wildman–Crippen MR) is 95.9 cm³/mol. The summed E-state index contributed by atoms with van der Waals surface area (Å²) in [6.07, 6.45) is 12.8. The van der Waals surface area contributed by atoms with Crippen molar-refractivity contribution in [3.63, 3.8) is 0 Å². The fourth-order valence-electron chi connectivity index (χ4n) is 4.13. The summed E-state index contributed by atoms with van der Waals surface area (Å²) in [5.74, 6) is 0. The minimum Gasteiger partial charge on any atom is -0.0991 e. The fraction of sp³-hybridized carbons (Fsp3) is 0.368. The van der Waals surface area contributed by atoms with Crippen LogP contribution in [-0.2, 0) is 5.41 Å². The van der Waals surface area contributed by atoms with Crippen molar-refractivity contribution >= 4 is 28.2 Å². The second-order valence-corrected chi connectivity index (χ2v) is 6.95. The number of allylic oxidation sites excluding steroid dienone is 5. The van der Waals surface area contributed by atoms with Crippen LogP contribution in [0.5, 0.6) is 0 Å². The first-order valence-electron chi connectivity index (χ1n) is 7.56. The van der Waals surface area contributed by atoms with Crippen molar-refractivity contribution in [2.75, 3.05) is 0 Å². The van der Waals surface area contributed by atoms with E-state index < -0.39 is 0 Å². The van der Waals surface area contributed by atoms with Gasteiger partial charge < -0.3 is 0 Å². The maximum absolute atomic E-state index is 3.84. The molecule has 1 saturated carbocycles. The molecule has 0 N–H and O–H groups in total. The highest BCUT2D eigenvalue weighted by Crippen LogP contribution is 2.57. The quantitative estimate of drug-likeness (QED) is 0.447. The van der Waals surface area contributed by atoms with Crippen LogP contribution in [0.4, 0.5) is 0 Å². The van der Waals surface area contributed by atoms with Crippen molar-refractivity contribution in [1.82, 2.24) is 0 Å². The number of hydrogen-bond acceptors (Lipinski definition) is 0. The Labute approximate surface area is 135 Å². The van der Waals surface area contributed by atoms with E-state index in [1.54, 1.807) is 16.7 Å². The first-order valence-corrected chi connectivity index (χ1v) is 8.64. The first-order chi connectivity index (χ1) is 9.74. The first kappa shape index (κ1) is 14.1. The summed E-state index contributed by atoms with van der Waals surface area (Å²) in [5, 5.41) is 0. The number of benzene rings is 1. The molecule has 1 heteroatoms. The van der Waals surface area contributed by atoms with Gasteiger partial charge >= 0.3 is 0 Å². The van der Waals surface area contributed by atoms with E-state index in [1.165, 1.54) is 34.8 Å². The molecule has 0 aliphatic heterocycles. The molecule has 0 unspecified atom stereocenters. The van der Waals surface area contributed by atoms with Crippen LogP contribution in [0.15, 0.2) is 48.6 Å². The summed E-state index contributed by atoms with van der Waals surface area (Å²) in [6, 6.07) is 6.80. The second kappa shape index (κ2) is 5.51. The lowest BCUT2D eigenvalue weighted by Crippen LogP contribution is -2.22. The van der Waals surface area contributed by atoms with Crippen molar-refractivity contribution in [3.8, 4) is 0 Å². The zero-order chi connectivity index (χ0) is 14.2. The van der Waals surface area contributed by atoms with Crippen LogP contribution in [-0.4, -0.2) is 0 Å². The van der Waals surface area contributed by atoms with E-state index in [9.17, 15) is 0 Å². The number of hydrogen-bond donors (Lipinski definition) is 0. The number of fused-ring (bicyclic) bond motifs is 2. The van der Waals surface area contributed by atoms with Gasteiger partial charge in [0.05, 0.1) is 0 Å². The molecule has 1 fully saturated rings. The molecule has 1 spiro atoms. The van der Waals surface area contributed by atoms with Crippen LogP contribution < -0.4 is 0 Å². The van der Waals surface area contributed by atoms with Crippen LogP contribution in [0.25, 0.3) is 5.57 Å².